The number of phenolic OH excluding ortho intramolecular Hbond substituents is 1. The van der Waals surface area contributed by atoms with Gasteiger partial charge in [0.15, 0.2) is 9.84 Å². The molecule has 0 atom stereocenters. The van der Waals surface area contributed by atoms with Gasteiger partial charge in [0.05, 0.1) is 4.90 Å². The number of sulfone groups is 1. The van der Waals surface area contributed by atoms with Gasteiger partial charge >= 0.3 is 0 Å². The Morgan fingerprint density at radius 1 is 0.941 bits per heavy atom. The normalized spacial score (nSPS) is 11.4. The van der Waals surface area contributed by atoms with Crippen LogP contribution in [0.2, 0.25) is 0 Å². The van der Waals surface area contributed by atoms with Crippen molar-refractivity contribution in [2.24, 2.45) is 0 Å². The fraction of sp³-hybridized carbons (Fsp3) is 0.0769. The summed E-state index contributed by atoms with van der Waals surface area (Å²) in [4.78, 5) is 0.293. The predicted octanol–water partition coefficient (Wildman–Crippen LogP) is 2.46. The monoisotopic (exact) mass is 248 g/mol. The maximum atomic E-state index is 11.3. The molecule has 4 heteroatoms. The molecule has 0 aliphatic heterocycles. The summed E-state index contributed by atoms with van der Waals surface area (Å²) in [6.45, 7) is 0. The van der Waals surface area contributed by atoms with Crippen molar-refractivity contribution in [3.05, 3.63) is 48.5 Å². The molecular formula is C13H12O3S. The lowest BCUT2D eigenvalue weighted by molar-refractivity contribution is 0.475. The molecule has 0 radical (unpaired) electrons. The lowest BCUT2D eigenvalue weighted by atomic mass is 10.1. The molecule has 2 aromatic carbocycles. The second-order valence-electron chi connectivity index (χ2n) is 3.85. The Bertz CT molecular complexity index is 628. The fourth-order valence-electron chi connectivity index (χ4n) is 1.58. The number of phenols is 1. The van der Waals surface area contributed by atoms with Crippen LogP contribution in [0.15, 0.2) is 53.4 Å². The van der Waals surface area contributed by atoms with E-state index in [4.69, 9.17) is 0 Å². The van der Waals surface area contributed by atoms with Crippen molar-refractivity contribution < 1.29 is 13.5 Å². The molecule has 0 unspecified atom stereocenters. The maximum absolute atomic E-state index is 11.3. The highest BCUT2D eigenvalue weighted by Crippen LogP contribution is 2.24. The van der Waals surface area contributed by atoms with Crippen molar-refractivity contribution in [3.8, 4) is 16.9 Å². The van der Waals surface area contributed by atoms with Crippen LogP contribution in [-0.2, 0) is 9.84 Å². The molecule has 0 amide bonds. The topological polar surface area (TPSA) is 54.4 Å². The van der Waals surface area contributed by atoms with Gasteiger partial charge in [-0.3, -0.25) is 0 Å². The summed E-state index contributed by atoms with van der Waals surface area (Å²) in [6, 6.07) is 13.4. The Kier molecular flexibility index (Phi) is 2.90. The van der Waals surface area contributed by atoms with E-state index in [0.717, 1.165) is 11.1 Å². The number of rotatable bonds is 2. The standard InChI is InChI=1S/C13H12O3S/c1-17(15,16)13-7-5-10(6-8-13)11-3-2-4-12(14)9-11/h2-9,14H,1H3. The van der Waals surface area contributed by atoms with Crippen LogP contribution in [0.4, 0.5) is 0 Å². The van der Waals surface area contributed by atoms with Crippen LogP contribution in [0.25, 0.3) is 11.1 Å². The number of benzene rings is 2. The molecule has 88 valence electrons. The minimum absolute atomic E-state index is 0.190. The van der Waals surface area contributed by atoms with E-state index >= 15 is 0 Å². The van der Waals surface area contributed by atoms with E-state index in [2.05, 4.69) is 0 Å². The molecule has 0 aliphatic carbocycles. The maximum Gasteiger partial charge on any atom is 0.175 e. The van der Waals surface area contributed by atoms with Gasteiger partial charge in [-0.25, -0.2) is 8.42 Å². The summed E-state index contributed by atoms with van der Waals surface area (Å²) in [6.07, 6.45) is 1.18. The van der Waals surface area contributed by atoms with Gasteiger partial charge in [-0.1, -0.05) is 24.3 Å². The summed E-state index contributed by atoms with van der Waals surface area (Å²) in [5.74, 6) is 0.190. The molecule has 2 aromatic rings. The summed E-state index contributed by atoms with van der Waals surface area (Å²) in [7, 11) is -3.16. The lowest BCUT2D eigenvalue weighted by Crippen LogP contribution is -1.96. The van der Waals surface area contributed by atoms with Crippen molar-refractivity contribution >= 4 is 9.84 Å². The van der Waals surface area contributed by atoms with Crippen LogP contribution in [0.3, 0.4) is 0 Å². The molecule has 0 aromatic heterocycles. The van der Waals surface area contributed by atoms with Gasteiger partial charge in [-0.15, -0.1) is 0 Å². The van der Waals surface area contributed by atoms with E-state index < -0.39 is 9.84 Å². The van der Waals surface area contributed by atoms with E-state index in [0.29, 0.717) is 4.90 Å². The first-order chi connectivity index (χ1) is 7.97. The Morgan fingerprint density at radius 2 is 1.59 bits per heavy atom. The van der Waals surface area contributed by atoms with Gasteiger partial charge in [0.2, 0.25) is 0 Å². The number of aromatic hydroxyl groups is 1. The van der Waals surface area contributed by atoms with Gasteiger partial charge < -0.3 is 5.11 Å². The summed E-state index contributed by atoms with van der Waals surface area (Å²) in [5.41, 5.74) is 1.72. The first-order valence-corrected chi connectivity index (χ1v) is 6.95. The smallest absolute Gasteiger partial charge is 0.175 e. The molecule has 0 spiro atoms. The molecule has 0 aliphatic rings. The fourth-order valence-corrected chi connectivity index (χ4v) is 2.21. The SMILES string of the molecule is CS(=O)(=O)c1ccc(-c2cccc(O)c2)cc1. The molecule has 0 saturated heterocycles. The average Bonchev–Trinajstić information content (AvgIpc) is 2.28. The molecule has 3 nitrogen and oxygen atoms in total. The highest BCUT2D eigenvalue weighted by atomic mass is 32.2. The first kappa shape index (κ1) is 11.7. The summed E-state index contributed by atoms with van der Waals surface area (Å²) >= 11 is 0. The molecule has 0 bridgehead atoms. The average molecular weight is 248 g/mol. The molecule has 0 fully saturated rings. The third kappa shape index (κ3) is 2.65. The largest absolute Gasteiger partial charge is 0.508 e. The van der Waals surface area contributed by atoms with Crippen LogP contribution >= 0.6 is 0 Å². The highest BCUT2D eigenvalue weighted by Gasteiger charge is 2.06. The zero-order valence-electron chi connectivity index (χ0n) is 9.29. The Morgan fingerprint density at radius 3 is 2.12 bits per heavy atom. The van der Waals surface area contributed by atoms with Crippen LogP contribution in [-0.4, -0.2) is 19.8 Å². The van der Waals surface area contributed by atoms with Crippen molar-refractivity contribution in [3.63, 3.8) is 0 Å². The predicted molar refractivity (Wildman–Crippen MR) is 66.7 cm³/mol. The van der Waals surface area contributed by atoms with Crippen molar-refractivity contribution in [2.45, 2.75) is 4.90 Å². The number of hydrogen-bond acceptors (Lipinski definition) is 3. The first-order valence-electron chi connectivity index (χ1n) is 5.06. The zero-order valence-corrected chi connectivity index (χ0v) is 10.1. The van der Waals surface area contributed by atoms with Crippen LogP contribution in [0.5, 0.6) is 5.75 Å². The van der Waals surface area contributed by atoms with Crippen molar-refractivity contribution in [1.29, 1.82) is 0 Å². The lowest BCUT2D eigenvalue weighted by Gasteiger charge is -2.03. The second kappa shape index (κ2) is 4.22. The van der Waals surface area contributed by atoms with Crippen LogP contribution < -0.4 is 0 Å². The van der Waals surface area contributed by atoms with Gasteiger partial charge in [0, 0.05) is 6.26 Å². The minimum Gasteiger partial charge on any atom is -0.508 e. The molecule has 17 heavy (non-hydrogen) atoms. The quantitative estimate of drug-likeness (QED) is 0.888. The van der Waals surface area contributed by atoms with E-state index in [-0.39, 0.29) is 5.75 Å². The Hall–Kier alpha value is -1.81. The van der Waals surface area contributed by atoms with Gasteiger partial charge in [-0.2, -0.15) is 0 Å². The van der Waals surface area contributed by atoms with Gasteiger partial charge in [0.1, 0.15) is 5.75 Å². The van der Waals surface area contributed by atoms with E-state index in [1.165, 1.54) is 6.26 Å². The zero-order chi connectivity index (χ0) is 12.5. The van der Waals surface area contributed by atoms with Crippen LogP contribution in [0, 0.1) is 0 Å². The van der Waals surface area contributed by atoms with E-state index in [1.807, 2.05) is 6.07 Å². The molecular weight excluding hydrogens is 236 g/mol. The minimum atomic E-state index is -3.16. The van der Waals surface area contributed by atoms with Crippen molar-refractivity contribution in [2.75, 3.05) is 6.26 Å². The van der Waals surface area contributed by atoms with Crippen LogP contribution in [0.1, 0.15) is 0 Å². The van der Waals surface area contributed by atoms with E-state index in [1.54, 1.807) is 42.5 Å². The Labute approximate surface area is 100 Å². The molecule has 1 N–H and O–H groups in total. The van der Waals surface area contributed by atoms with Gasteiger partial charge in [0.25, 0.3) is 0 Å². The number of hydrogen-bond donors (Lipinski definition) is 1. The third-order valence-electron chi connectivity index (χ3n) is 2.46. The highest BCUT2D eigenvalue weighted by molar-refractivity contribution is 7.90. The van der Waals surface area contributed by atoms with Crippen molar-refractivity contribution in [1.82, 2.24) is 0 Å². The summed E-state index contributed by atoms with van der Waals surface area (Å²) in [5, 5.41) is 9.36. The molecule has 0 heterocycles. The Balaban J connectivity index is 2.43. The van der Waals surface area contributed by atoms with Gasteiger partial charge in [-0.05, 0) is 35.4 Å². The second-order valence-corrected chi connectivity index (χ2v) is 5.86. The molecule has 2 rings (SSSR count). The van der Waals surface area contributed by atoms with E-state index in [9.17, 15) is 13.5 Å². The molecule has 0 saturated carbocycles. The third-order valence-corrected chi connectivity index (χ3v) is 3.59. The summed E-state index contributed by atoms with van der Waals surface area (Å²) < 4.78 is 22.6.